The SMILES string of the molecule is C[C@H]1C[C@H]2[C@@H]3CCC4=CC(=O)CC[C@]4(C)C3=CC[C@]2(C)[C@@]1(O)[C@@H](O)COC(=O)c1ccccc1. The summed E-state index contributed by atoms with van der Waals surface area (Å²) < 4.78 is 5.44. The summed E-state index contributed by atoms with van der Waals surface area (Å²) in [5, 5.41) is 23.3. The van der Waals surface area contributed by atoms with Gasteiger partial charge in [0.1, 0.15) is 18.3 Å². The molecular formula is C29H36O5. The van der Waals surface area contributed by atoms with Gasteiger partial charge < -0.3 is 14.9 Å². The van der Waals surface area contributed by atoms with Gasteiger partial charge in [-0.3, -0.25) is 4.79 Å². The van der Waals surface area contributed by atoms with E-state index in [2.05, 4.69) is 19.9 Å². The van der Waals surface area contributed by atoms with E-state index in [0.29, 0.717) is 24.3 Å². The molecule has 0 aromatic heterocycles. The molecule has 0 spiro atoms. The maximum atomic E-state index is 12.4. The van der Waals surface area contributed by atoms with E-state index in [1.54, 1.807) is 24.3 Å². The van der Waals surface area contributed by atoms with Crippen LogP contribution in [0.5, 0.6) is 0 Å². The highest BCUT2D eigenvalue weighted by Crippen LogP contribution is 2.67. The second-order valence-electron chi connectivity index (χ2n) is 11.4. The summed E-state index contributed by atoms with van der Waals surface area (Å²) in [4.78, 5) is 24.5. The molecule has 4 aliphatic carbocycles. The van der Waals surface area contributed by atoms with Gasteiger partial charge in [0.25, 0.3) is 0 Å². The molecule has 7 atom stereocenters. The summed E-state index contributed by atoms with van der Waals surface area (Å²) in [5.41, 5.74) is 1.20. The molecule has 0 radical (unpaired) electrons. The van der Waals surface area contributed by atoms with Crippen LogP contribution in [-0.4, -0.2) is 40.3 Å². The van der Waals surface area contributed by atoms with Gasteiger partial charge in [0, 0.05) is 17.3 Å². The first kappa shape index (κ1) is 23.5. The van der Waals surface area contributed by atoms with Crippen molar-refractivity contribution in [2.75, 3.05) is 6.61 Å². The first-order valence-electron chi connectivity index (χ1n) is 12.7. The van der Waals surface area contributed by atoms with Crippen molar-refractivity contribution in [3.63, 3.8) is 0 Å². The van der Waals surface area contributed by atoms with Crippen molar-refractivity contribution < 1.29 is 24.5 Å². The van der Waals surface area contributed by atoms with Gasteiger partial charge in [-0.1, -0.05) is 56.2 Å². The molecule has 5 rings (SSSR count). The van der Waals surface area contributed by atoms with Crippen molar-refractivity contribution in [3.05, 3.63) is 59.2 Å². The normalized spacial score (nSPS) is 39.8. The smallest absolute Gasteiger partial charge is 0.338 e. The zero-order chi connectivity index (χ0) is 24.3. The lowest BCUT2D eigenvalue weighted by Crippen LogP contribution is -2.59. The number of ketones is 1. The molecule has 5 heteroatoms. The van der Waals surface area contributed by atoms with Crippen LogP contribution in [0.25, 0.3) is 0 Å². The lowest BCUT2D eigenvalue weighted by atomic mass is 9.50. The summed E-state index contributed by atoms with van der Waals surface area (Å²) in [6.45, 7) is 6.18. The fourth-order valence-corrected chi connectivity index (χ4v) is 7.88. The molecular weight excluding hydrogens is 428 g/mol. The van der Waals surface area contributed by atoms with Crippen LogP contribution in [0, 0.1) is 28.6 Å². The Balaban J connectivity index is 1.40. The summed E-state index contributed by atoms with van der Waals surface area (Å²) in [5.74, 6) is 0.197. The first-order chi connectivity index (χ1) is 16.1. The largest absolute Gasteiger partial charge is 0.459 e. The maximum Gasteiger partial charge on any atom is 0.338 e. The number of hydrogen-bond acceptors (Lipinski definition) is 5. The number of hydrogen-bond donors (Lipinski definition) is 2. The second kappa shape index (κ2) is 8.17. The number of esters is 1. The Morgan fingerprint density at radius 1 is 1.21 bits per heavy atom. The Hall–Kier alpha value is -2.24. The minimum absolute atomic E-state index is 0.0636. The molecule has 0 heterocycles. The van der Waals surface area contributed by atoms with Gasteiger partial charge in [0.05, 0.1) is 5.56 Å². The zero-order valence-electron chi connectivity index (χ0n) is 20.4. The minimum atomic E-state index is -1.35. The van der Waals surface area contributed by atoms with Gasteiger partial charge in [-0.2, -0.15) is 0 Å². The highest BCUT2D eigenvalue weighted by Gasteiger charge is 2.67. The van der Waals surface area contributed by atoms with E-state index in [9.17, 15) is 19.8 Å². The van der Waals surface area contributed by atoms with Gasteiger partial charge in [-0.05, 0) is 68.1 Å². The Bertz CT molecular complexity index is 1060. The third-order valence-electron chi connectivity index (χ3n) is 9.89. The summed E-state index contributed by atoms with van der Waals surface area (Å²) in [7, 11) is 0. The Morgan fingerprint density at radius 2 is 1.94 bits per heavy atom. The van der Waals surface area contributed by atoms with Gasteiger partial charge in [-0.15, -0.1) is 0 Å². The number of carbonyl (C=O) groups is 2. The summed E-state index contributed by atoms with van der Waals surface area (Å²) in [6.07, 6.45) is 7.87. The van der Waals surface area contributed by atoms with Crippen LogP contribution in [0.3, 0.4) is 0 Å². The third-order valence-corrected chi connectivity index (χ3v) is 9.89. The number of aliphatic hydroxyl groups is 2. The Kier molecular flexibility index (Phi) is 5.64. The fraction of sp³-hybridized carbons (Fsp3) is 0.586. The summed E-state index contributed by atoms with van der Waals surface area (Å²) in [6, 6.07) is 8.72. The van der Waals surface area contributed by atoms with Crippen LogP contribution in [-0.2, 0) is 9.53 Å². The van der Waals surface area contributed by atoms with Crippen molar-refractivity contribution in [1.29, 1.82) is 0 Å². The molecule has 1 aromatic carbocycles. The Labute approximate surface area is 201 Å². The van der Waals surface area contributed by atoms with Crippen LogP contribution in [0.1, 0.15) is 69.7 Å². The molecule has 2 saturated carbocycles. The fourth-order valence-electron chi connectivity index (χ4n) is 7.88. The molecule has 0 unspecified atom stereocenters. The molecule has 4 aliphatic rings. The van der Waals surface area contributed by atoms with Gasteiger partial charge in [-0.25, -0.2) is 4.79 Å². The second-order valence-corrected chi connectivity index (χ2v) is 11.4. The van der Waals surface area contributed by atoms with Crippen molar-refractivity contribution in [3.8, 4) is 0 Å². The van der Waals surface area contributed by atoms with E-state index < -0.39 is 23.1 Å². The van der Waals surface area contributed by atoms with Crippen LogP contribution >= 0.6 is 0 Å². The molecule has 0 aliphatic heterocycles. The molecule has 0 amide bonds. The quantitative estimate of drug-likeness (QED) is 0.501. The lowest BCUT2D eigenvalue weighted by Gasteiger charge is -2.55. The number of fused-ring (bicyclic) bond motifs is 5. The number of carbonyl (C=O) groups excluding carboxylic acids is 2. The predicted octanol–water partition coefficient (Wildman–Crippen LogP) is 4.63. The van der Waals surface area contributed by atoms with E-state index in [4.69, 9.17) is 4.74 Å². The van der Waals surface area contributed by atoms with Crippen LogP contribution < -0.4 is 0 Å². The monoisotopic (exact) mass is 464 g/mol. The van der Waals surface area contributed by atoms with E-state index >= 15 is 0 Å². The van der Waals surface area contributed by atoms with Crippen molar-refractivity contribution in [2.45, 2.75) is 71.0 Å². The topological polar surface area (TPSA) is 83.8 Å². The van der Waals surface area contributed by atoms with Crippen molar-refractivity contribution >= 4 is 11.8 Å². The van der Waals surface area contributed by atoms with Crippen LogP contribution in [0.4, 0.5) is 0 Å². The average molecular weight is 465 g/mol. The van der Waals surface area contributed by atoms with E-state index in [0.717, 1.165) is 25.7 Å². The van der Waals surface area contributed by atoms with Gasteiger partial charge >= 0.3 is 5.97 Å². The maximum absolute atomic E-state index is 12.4. The lowest BCUT2D eigenvalue weighted by molar-refractivity contribution is -0.181. The number of benzene rings is 1. The van der Waals surface area contributed by atoms with Crippen molar-refractivity contribution in [1.82, 2.24) is 0 Å². The number of allylic oxidation sites excluding steroid dienone is 4. The first-order valence-corrected chi connectivity index (χ1v) is 12.7. The van der Waals surface area contributed by atoms with Gasteiger partial charge in [0.2, 0.25) is 0 Å². The number of aliphatic hydroxyl groups excluding tert-OH is 1. The number of ether oxygens (including phenoxy) is 1. The van der Waals surface area contributed by atoms with E-state index in [1.165, 1.54) is 11.1 Å². The molecule has 34 heavy (non-hydrogen) atoms. The van der Waals surface area contributed by atoms with Crippen molar-refractivity contribution in [2.24, 2.45) is 28.6 Å². The average Bonchev–Trinajstić information content (AvgIpc) is 3.05. The number of rotatable bonds is 4. The predicted molar refractivity (Wildman–Crippen MR) is 129 cm³/mol. The molecule has 182 valence electrons. The molecule has 0 bridgehead atoms. The Morgan fingerprint density at radius 3 is 2.68 bits per heavy atom. The van der Waals surface area contributed by atoms with Crippen LogP contribution in [0.2, 0.25) is 0 Å². The minimum Gasteiger partial charge on any atom is -0.459 e. The standard InChI is InChI=1S/C29H36O5/c1-18-15-24-22-10-9-20-16-21(30)11-13-27(20,2)23(22)12-14-28(24,3)29(18,33)25(31)17-34-26(32)19-7-5-4-6-8-19/h4-8,12,16,18,22,24-25,31,33H,9-11,13-15,17H2,1-3H3/t18-,22+,24-,25-,27-,28-,29-/m0/s1. The summed E-state index contributed by atoms with van der Waals surface area (Å²) >= 11 is 0. The molecule has 0 saturated heterocycles. The third kappa shape index (κ3) is 3.27. The molecule has 5 nitrogen and oxygen atoms in total. The molecule has 2 fully saturated rings. The van der Waals surface area contributed by atoms with E-state index in [-0.39, 0.29) is 29.6 Å². The van der Waals surface area contributed by atoms with Crippen LogP contribution in [0.15, 0.2) is 53.6 Å². The van der Waals surface area contributed by atoms with Gasteiger partial charge in [0.15, 0.2) is 5.78 Å². The zero-order valence-corrected chi connectivity index (χ0v) is 20.4. The highest BCUT2D eigenvalue weighted by atomic mass is 16.5. The molecule has 1 aromatic rings. The molecule has 2 N–H and O–H groups in total. The van der Waals surface area contributed by atoms with E-state index in [1.807, 2.05) is 19.1 Å². The highest BCUT2D eigenvalue weighted by molar-refractivity contribution is 5.92.